The molecular weight excluding hydrogens is 571 g/mol. The second-order valence-corrected chi connectivity index (χ2v) is 13.0. The van der Waals surface area contributed by atoms with Gasteiger partial charge >= 0.3 is 0 Å². The Morgan fingerprint density at radius 2 is 1.86 bits per heavy atom. The average molecular weight is 607 g/mol. The zero-order chi connectivity index (χ0) is 30.1. The van der Waals surface area contributed by atoms with Crippen molar-refractivity contribution in [2.24, 2.45) is 0 Å². The van der Waals surface area contributed by atoms with Gasteiger partial charge in [0.15, 0.2) is 0 Å². The Hall–Kier alpha value is -4.00. The fourth-order valence-corrected chi connectivity index (χ4v) is 7.25. The molecule has 1 aromatic heterocycles. The summed E-state index contributed by atoms with van der Waals surface area (Å²) >= 11 is 0. The molecule has 0 radical (unpaired) electrons. The zero-order valence-electron chi connectivity index (χ0n) is 24.2. The highest BCUT2D eigenvalue weighted by molar-refractivity contribution is 7.91. The number of rotatable bonds is 8. The van der Waals surface area contributed by atoms with Crippen molar-refractivity contribution in [1.82, 2.24) is 14.8 Å². The molecule has 2 N–H and O–H groups in total. The molecule has 4 aromatic rings. The number of aromatic nitrogens is 2. The fraction of sp³-hybridized carbons (Fsp3) is 0.355. The van der Waals surface area contributed by atoms with E-state index < -0.39 is 15.7 Å². The standard InChI is InChI=1S/C31H35FN6O4S/c1-36-16-7-13-29(36)37(2)27-11-6-10-25(30(27)34-28-12-3-4-17-42-28)31(39)35-38-26-15-14-24(18-21(26)20-33-38)43(40,41)23-9-5-8-22(32)19-23/h5-6,8-11,14-15,18-20,28-29,34H,3-4,7,12-13,16-17H2,1-2H3,(H,35,39). The molecule has 10 nitrogen and oxygen atoms in total. The Kier molecular flexibility index (Phi) is 8.08. The second kappa shape index (κ2) is 11.9. The third-order valence-electron chi connectivity index (χ3n) is 8.24. The smallest absolute Gasteiger partial charge is 0.273 e. The Morgan fingerprint density at radius 1 is 1.05 bits per heavy atom. The molecule has 3 heterocycles. The van der Waals surface area contributed by atoms with Crippen molar-refractivity contribution < 1.29 is 22.3 Å². The molecule has 12 heteroatoms. The lowest BCUT2D eigenvalue weighted by Crippen LogP contribution is -2.41. The average Bonchev–Trinajstić information content (AvgIpc) is 3.62. The van der Waals surface area contributed by atoms with E-state index in [2.05, 4.69) is 32.7 Å². The zero-order valence-corrected chi connectivity index (χ0v) is 25.0. The molecular formula is C31H35FN6O4S. The summed E-state index contributed by atoms with van der Waals surface area (Å²) in [5.41, 5.74) is 5.40. The first-order valence-corrected chi connectivity index (χ1v) is 15.9. The number of hydrogen-bond acceptors (Lipinski definition) is 8. The predicted octanol–water partition coefficient (Wildman–Crippen LogP) is 4.82. The number of nitrogens with one attached hydrogen (secondary N) is 2. The maximum absolute atomic E-state index is 13.8. The van der Waals surface area contributed by atoms with E-state index in [9.17, 15) is 17.6 Å². The molecule has 0 saturated carbocycles. The summed E-state index contributed by atoms with van der Waals surface area (Å²) in [4.78, 5) is 19.5. The Bertz CT molecular complexity index is 1750. The summed E-state index contributed by atoms with van der Waals surface area (Å²) in [5.74, 6) is -1.01. The van der Waals surface area contributed by atoms with E-state index in [0.717, 1.165) is 50.4 Å². The van der Waals surface area contributed by atoms with Crippen LogP contribution in [0.2, 0.25) is 0 Å². The van der Waals surface area contributed by atoms with Crippen molar-refractivity contribution in [2.45, 2.75) is 54.3 Å². The van der Waals surface area contributed by atoms with Crippen LogP contribution in [0.4, 0.5) is 15.8 Å². The van der Waals surface area contributed by atoms with Gasteiger partial charge < -0.3 is 15.0 Å². The molecule has 6 rings (SSSR count). The van der Waals surface area contributed by atoms with Crippen LogP contribution < -0.4 is 15.6 Å². The van der Waals surface area contributed by atoms with Gasteiger partial charge in [-0.3, -0.25) is 9.69 Å². The number of sulfone groups is 1. The van der Waals surface area contributed by atoms with E-state index in [1.165, 1.54) is 41.3 Å². The van der Waals surface area contributed by atoms with Crippen molar-refractivity contribution in [3.05, 3.63) is 78.2 Å². The van der Waals surface area contributed by atoms with Crippen LogP contribution in [0.1, 0.15) is 42.5 Å². The van der Waals surface area contributed by atoms with Crippen molar-refractivity contribution >= 4 is 38.0 Å². The normalized spacial score (nSPS) is 19.4. The van der Waals surface area contributed by atoms with Gasteiger partial charge in [-0.2, -0.15) is 9.89 Å². The van der Waals surface area contributed by atoms with Crippen LogP contribution in [0, 0.1) is 5.82 Å². The van der Waals surface area contributed by atoms with E-state index >= 15 is 0 Å². The molecule has 1 amide bonds. The summed E-state index contributed by atoms with van der Waals surface area (Å²) in [6.45, 7) is 1.68. The number of para-hydroxylation sites is 1. The Morgan fingerprint density at radius 3 is 2.60 bits per heavy atom. The minimum absolute atomic E-state index is 0.00284. The Balaban J connectivity index is 1.30. The highest BCUT2D eigenvalue weighted by Crippen LogP contribution is 2.35. The minimum Gasteiger partial charge on any atom is -0.359 e. The topological polar surface area (TPSA) is 109 Å². The minimum atomic E-state index is -3.95. The van der Waals surface area contributed by atoms with Crippen LogP contribution in [0.5, 0.6) is 0 Å². The summed E-state index contributed by atoms with van der Waals surface area (Å²) in [6.07, 6.45) is 6.51. The third kappa shape index (κ3) is 5.82. The largest absolute Gasteiger partial charge is 0.359 e. The number of halogens is 1. The highest BCUT2D eigenvalue weighted by atomic mass is 32.2. The molecule has 3 aromatic carbocycles. The fourth-order valence-electron chi connectivity index (χ4n) is 5.93. The predicted molar refractivity (Wildman–Crippen MR) is 163 cm³/mol. The van der Waals surface area contributed by atoms with E-state index in [1.54, 1.807) is 12.1 Å². The highest BCUT2D eigenvalue weighted by Gasteiger charge is 2.29. The monoisotopic (exact) mass is 606 g/mol. The van der Waals surface area contributed by atoms with E-state index in [4.69, 9.17) is 4.74 Å². The lowest BCUT2D eigenvalue weighted by Gasteiger charge is -2.35. The van der Waals surface area contributed by atoms with Gasteiger partial charge in [-0.05, 0) is 94.2 Å². The number of hydrogen-bond donors (Lipinski definition) is 2. The van der Waals surface area contributed by atoms with E-state index in [0.29, 0.717) is 28.8 Å². The first kappa shape index (κ1) is 29.1. The maximum atomic E-state index is 13.8. The molecule has 2 fully saturated rings. The van der Waals surface area contributed by atoms with Gasteiger partial charge in [-0.1, -0.05) is 12.1 Å². The third-order valence-corrected chi connectivity index (χ3v) is 9.99. The molecule has 2 saturated heterocycles. The van der Waals surface area contributed by atoms with Crippen LogP contribution in [0.15, 0.2) is 76.7 Å². The molecule has 2 aliphatic rings. The quantitative estimate of drug-likeness (QED) is 0.294. The number of carbonyl (C=O) groups is 1. The summed E-state index contributed by atoms with van der Waals surface area (Å²) < 4.78 is 45.9. The number of carbonyl (C=O) groups excluding carboxylic acids is 1. The summed E-state index contributed by atoms with van der Waals surface area (Å²) in [7, 11) is 0.213. The molecule has 226 valence electrons. The maximum Gasteiger partial charge on any atom is 0.273 e. The van der Waals surface area contributed by atoms with Crippen LogP contribution in [0.25, 0.3) is 10.9 Å². The van der Waals surface area contributed by atoms with Crippen molar-refractivity contribution in [3.63, 3.8) is 0 Å². The molecule has 0 bridgehead atoms. The summed E-state index contributed by atoms with van der Waals surface area (Å²) in [5, 5.41) is 8.33. The van der Waals surface area contributed by atoms with Gasteiger partial charge in [0.25, 0.3) is 5.91 Å². The van der Waals surface area contributed by atoms with Gasteiger partial charge in [0.05, 0.1) is 44.6 Å². The van der Waals surface area contributed by atoms with Gasteiger partial charge in [0, 0.05) is 19.0 Å². The van der Waals surface area contributed by atoms with Gasteiger partial charge in [0.1, 0.15) is 12.0 Å². The van der Waals surface area contributed by atoms with Crippen molar-refractivity contribution in [3.8, 4) is 0 Å². The number of ether oxygens (including phenoxy) is 1. The van der Waals surface area contributed by atoms with Crippen molar-refractivity contribution in [2.75, 3.05) is 42.9 Å². The van der Waals surface area contributed by atoms with Gasteiger partial charge in [-0.25, -0.2) is 18.2 Å². The van der Waals surface area contributed by atoms with Crippen molar-refractivity contribution in [1.29, 1.82) is 0 Å². The second-order valence-electron chi connectivity index (χ2n) is 11.1. The lowest BCUT2D eigenvalue weighted by molar-refractivity contribution is 0.0343. The molecule has 2 unspecified atom stereocenters. The van der Waals surface area contributed by atoms with Crippen LogP contribution in [-0.2, 0) is 14.6 Å². The molecule has 0 aliphatic carbocycles. The number of amides is 1. The lowest BCUT2D eigenvalue weighted by atomic mass is 10.1. The van der Waals surface area contributed by atoms with Crippen LogP contribution >= 0.6 is 0 Å². The number of fused-ring (bicyclic) bond motifs is 1. The first-order valence-electron chi connectivity index (χ1n) is 14.5. The molecule has 2 atom stereocenters. The van der Waals surface area contributed by atoms with E-state index in [-0.39, 0.29) is 28.1 Å². The number of likely N-dealkylation sites (tertiary alicyclic amines) is 1. The van der Waals surface area contributed by atoms with Gasteiger partial charge in [-0.15, -0.1) is 0 Å². The summed E-state index contributed by atoms with van der Waals surface area (Å²) in [6, 6.07) is 15.0. The van der Waals surface area contributed by atoms with Crippen LogP contribution in [0.3, 0.4) is 0 Å². The Labute approximate surface area is 250 Å². The molecule has 0 spiro atoms. The molecule has 2 aliphatic heterocycles. The number of benzene rings is 3. The first-order chi connectivity index (χ1) is 20.7. The number of nitrogens with zero attached hydrogens (tertiary/aromatic N) is 4. The van der Waals surface area contributed by atoms with Gasteiger partial charge in [0.2, 0.25) is 9.84 Å². The number of anilines is 2. The van der Waals surface area contributed by atoms with E-state index in [1.807, 2.05) is 19.2 Å². The SMILES string of the molecule is CN1CCCC1N(C)c1cccc(C(=O)Nn2ncc3cc(S(=O)(=O)c4cccc(F)c4)ccc32)c1NC1CCCCO1. The molecule has 43 heavy (non-hydrogen) atoms. The van der Waals surface area contributed by atoms with Crippen LogP contribution in [-0.4, -0.2) is 68.8 Å².